The molecule has 0 spiro atoms. The first-order valence-electron chi connectivity index (χ1n) is 6.54. The monoisotopic (exact) mass is 275 g/mol. The highest BCUT2D eigenvalue weighted by Gasteiger charge is 2.26. The summed E-state index contributed by atoms with van der Waals surface area (Å²) in [4.78, 5) is 23.5. The second-order valence-electron chi connectivity index (χ2n) is 4.82. The largest absolute Gasteiger partial charge is 0.480 e. The molecule has 1 aromatic heterocycles. The SMILES string of the molecule is CC[C@H](C)[C@H](NC(=O)c1coc2ccccc12)C(=O)O. The van der Waals surface area contributed by atoms with Gasteiger partial charge in [0.2, 0.25) is 0 Å². The van der Waals surface area contributed by atoms with Gasteiger partial charge in [-0.15, -0.1) is 0 Å². The first-order valence-corrected chi connectivity index (χ1v) is 6.54. The number of carboxylic acid groups (broad SMARTS) is 1. The zero-order valence-electron chi connectivity index (χ0n) is 11.4. The Morgan fingerprint density at radius 3 is 2.70 bits per heavy atom. The summed E-state index contributed by atoms with van der Waals surface area (Å²) in [6, 6.07) is 6.24. The Kier molecular flexibility index (Phi) is 4.08. The molecule has 5 nitrogen and oxygen atoms in total. The molecule has 1 aromatic carbocycles. The Hall–Kier alpha value is -2.30. The first kappa shape index (κ1) is 14.1. The molecule has 0 saturated carbocycles. The molecule has 106 valence electrons. The minimum Gasteiger partial charge on any atom is -0.480 e. The number of carbonyl (C=O) groups is 2. The number of rotatable bonds is 5. The molecule has 0 radical (unpaired) electrons. The van der Waals surface area contributed by atoms with Crippen LogP contribution >= 0.6 is 0 Å². The maximum absolute atomic E-state index is 12.2. The normalized spacial score (nSPS) is 13.9. The van der Waals surface area contributed by atoms with Crippen molar-refractivity contribution < 1.29 is 19.1 Å². The van der Waals surface area contributed by atoms with Crippen LogP contribution in [0.5, 0.6) is 0 Å². The molecule has 0 aliphatic heterocycles. The lowest BCUT2D eigenvalue weighted by Gasteiger charge is -2.19. The second-order valence-corrected chi connectivity index (χ2v) is 4.82. The minimum atomic E-state index is -1.03. The van der Waals surface area contributed by atoms with Crippen molar-refractivity contribution in [3.05, 3.63) is 36.1 Å². The smallest absolute Gasteiger partial charge is 0.326 e. The summed E-state index contributed by atoms with van der Waals surface area (Å²) in [6.07, 6.45) is 2.03. The van der Waals surface area contributed by atoms with Gasteiger partial charge in [0, 0.05) is 5.39 Å². The molecule has 0 bridgehead atoms. The molecule has 0 fully saturated rings. The molecule has 2 N–H and O–H groups in total. The van der Waals surface area contributed by atoms with Crippen LogP contribution in [0.25, 0.3) is 11.0 Å². The van der Waals surface area contributed by atoms with Crippen LogP contribution in [0.2, 0.25) is 0 Å². The maximum atomic E-state index is 12.2. The highest BCUT2D eigenvalue weighted by atomic mass is 16.4. The molecule has 1 heterocycles. The lowest BCUT2D eigenvalue weighted by Crippen LogP contribution is -2.44. The number of hydrogen-bond donors (Lipinski definition) is 2. The van der Waals surface area contributed by atoms with Crippen LogP contribution in [0, 0.1) is 5.92 Å². The topological polar surface area (TPSA) is 79.5 Å². The molecular formula is C15H17NO4. The Labute approximate surface area is 116 Å². The van der Waals surface area contributed by atoms with Crippen LogP contribution in [-0.4, -0.2) is 23.0 Å². The highest BCUT2D eigenvalue weighted by molar-refractivity contribution is 6.06. The number of nitrogens with one attached hydrogen (secondary N) is 1. The molecule has 2 atom stereocenters. The average Bonchev–Trinajstić information content (AvgIpc) is 2.87. The number of aliphatic carboxylic acids is 1. The third kappa shape index (κ3) is 2.66. The molecule has 0 aliphatic rings. The van der Waals surface area contributed by atoms with Gasteiger partial charge in [0.05, 0.1) is 5.56 Å². The predicted octanol–water partition coefficient (Wildman–Crippen LogP) is 2.66. The van der Waals surface area contributed by atoms with Gasteiger partial charge in [0.1, 0.15) is 17.9 Å². The molecule has 0 aliphatic carbocycles. The fraction of sp³-hybridized carbons (Fsp3) is 0.333. The summed E-state index contributed by atoms with van der Waals surface area (Å²) in [5, 5.41) is 12.4. The van der Waals surface area contributed by atoms with Crippen molar-refractivity contribution in [1.82, 2.24) is 5.32 Å². The van der Waals surface area contributed by atoms with Crippen LogP contribution in [0.1, 0.15) is 30.6 Å². The third-order valence-corrected chi connectivity index (χ3v) is 3.49. The zero-order valence-corrected chi connectivity index (χ0v) is 11.4. The summed E-state index contributed by atoms with van der Waals surface area (Å²) in [5.41, 5.74) is 0.961. The molecule has 1 amide bonds. The molecule has 20 heavy (non-hydrogen) atoms. The van der Waals surface area contributed by atoms with Crippen molar-refractivity contribution in [3.63, 3.8) is 0 Å². The number of fused-ring (bicyclic) bond motifs is 1. The number of carbonyl (C=O) groups excluding carboxylic acids is 1. The summed E-state index contributed by atoms with van der Waals surface area (Å²) < 4.78 is 5.29. The van der Waals surface area contributed by atoms with Gasteiger partial charge in [-0.25, -0.2) is 4.79 Å². The van der Waals surface area contributed by atoms with Gasteiger partial charge in [-0.05, 0) is 12.0 Å². The fourth-order valence-electron chi connectivity index (χ4n) is 2.06. The maximum Gasteiger partial charge on any atom is 0.326 e. The van der Waals surface area contributed by atoms with Crippen molar-refractivity contribution in [1.29, 1.82) is 0 Å². The van der Waals surface area contributed by atoms with E-state index in [1.54, 1.807) is 25.1 Å². The summed E-state index contributed by atoms with van der Waals surface area (Å²) in [6.45, 7) is 3.69. The van der Waals surface area contributed by atoms with E-state index in [0.29, 0.717) is 23.0 Å². The van der Waals surface area contributed by atoms with Gasteiger partial charge < -0.3 is 14.8 Å². The zero-order chi connectivity index (χ0) is 14.7. The van der Waals surface area contributed by atoms with Gasteiger partial charge in [-0.3, -0.25) is 4.79 Å². The van der Waals surface area contributed by atoms with E-state index in [1.807, 2.05) is 13.0 Å². The van der Waals surface area contributed by atoms with E-state index >= 15 is 0 Å². The van der Waals surface area contributed by atoms with E-state index in [1.165, 1.54) is 6.26 Å². The number of hydrogen-bond acceptors (Lipinski definition) is 3. The van der Waals surface area contributed by atoms with Gasteiger partial charge in [0.25, 0.3) is 5.91 Å². The quantitative estimate of drug-likeness (QED) is 0.879. The number of furan rings is 1. The van der Waals surface area contributed by atoms with E-state index in [9.17, 15) is 14.7 Å². The number of para-hydroxylation sites is 1. The Morgan fingerprint density at radius 1 is 1.35 bits per heavy atom. The predicted molar refractivity (Wildman–Crippen MR) is 74.6 cm³/mol. The third-order valence-electron chi connectivity index (χ3n) is 3.49. The standard InChI is InChI=1S/C15H17NO4/c1-3-9(2)13(15(18)19)16-14(17)11-8-20-12-7-5-4-6-10(11)12/h4-9,13H,3H2,1-2H3,(H,16,17)(H,18,19)/t9-,13-/m0/s1. The van der Waals surface area contributed by atoms with E-state index in [-0.39, 0.29) is 5.92 Å². The average molecular weight is 275 g/mol. The van der Waals surface area contributed by atoms with Crippen LogP contribution in [-0.2, 0) is 4.79 Å². The van der Waals surface area contributed by atoms with Gasteiger partial charge >= 0.3 is 5.97 Å². The molecule has 2 aromatic rings. The van der Waals surface area contributed by atoms with Gasteiger partial charge in [0.15, 0.2) is 0 Å². The second kappa shape index (κ2) is 5.77. The first-order chi connectivity index (χ1) is 9.54. The Bertz CT molecular complexity index is 632. The van der Waals surface area contributed by atoms with Crippen LogP contribution in [0.15, 0.2) is 34.9 Å². The van der Waals surface area contributed by atoms with Crippen LogP contribution in [0.3, 0.4) is 0 Å². The summed E-state index contributed by atoms with van der Waals surface area (Å²) in [5.74, 6) is -1.60. The summed E-state index contributed by atoms with van der Waals surface area (Å²) >= 11 is 0. The molecule has 2 rings (SSSR count). The van der Waals surface area contributed by atoms with E-state index in [4.69, 9.17) is 4.42 Å². The van der Waals surface area contributed by atoms with Crippen LogP contribution in [0.4, 0.5) is 0 Å². The number of carboxylic acids is 1. The fourth-order valence-corrected chi connectivity index (χ4v) is 2.06. The van der Waals surface area contributed by atoms with E-state index < -0.39 is 17.9 Å². The van der Waals surface area contributed by atoms with Crippen LogP contribution < -0.4 is 5.32 Å². The summed E-state index contributed by atoms with van der Waals surface area (Å²) in [7, 11) is 0. The minimum absolute atomic E-state index is 0.144. The highest BCUT2D eigenvalue weighted by Crippen LogP contribution is 2.21. The lowest BCUT2D eigenvalue weighted by molar-refractivity contribution is -0.140. The van der Waals surface area contributed by atoms with E-state index in [0.717, 1.165) is 0 Å². The van der Waals surface area contributed by atoms with Crippen molar-refractivity contribution in [3.8, 4) is 0 Å². The molecule has 0 unspecified atom stereocenters. The van der Waals surface area contributed by atoms with Gasteiger partial charge in [-0.1, -0.05) is 38.5 Å². The molecule has 0 saturated heterocycles. The molecule has 5 heteroatoms. The van der Waals surface area contributed by atoms with Crippen molar-refractivity contribution in [2.75, 3.05) is 0 Å². The Morgan fingerprint density at radius 2 is 2.05 bits per heavy atom. The number of benzene rings is 1. The number of amides is 1. The van der Waals surface area contributed by atoms with Crippen molar-refractivity contribution in [2.24, 2.45) is 5.92 Å². The lowest BCUT2D eigenvalue weighted by atomic mass is 9.99. The Balaban J connectivity index is 2.25. The molecular weight excluding hydrogens is 258 g/mol. The van der Waals surface area contributed by atoms with E-state index in [2.05, 4.69) is 5.32 Å². The van der Waals surface area contributed by atoms with Crippen molar-refractivity contribution in [2.45, 2.75) is 26.3 Å². The van der Waals surface area contributed by atoms with Gasteiger partial charge in [-0.2, -0.15) is 0 Å². The van der Waals surface area contributed by atoms with Crippen molar-refractivity contribution >= 4 is 22.8 Å².